The number of anilines is 1. The molecule has 9 heteroatoms. The molecular formula is C25H32N6O3. The SMILES string of the molecule is CCNCC(O)COc1cccc(-c2nc(-c3cncnc3)cc(N(C)C3CCOCC3)n2)c1. The van der Waals surface area contributed by atoms with E-state index in [2.05, 4.69) is 27.2 Å². The minimum absolute atomic E-state index is 0.205. The molecule has 1 aliphatic rings. The standard InChI is InChI=1S/C25H32N6O3/c1-3-26-15-21(32)16-34-22-6-4-5-18(11-22)25-29-23(19-13-27-17-28-14-19)12-24(30-25)31(2)20-7-9-33-10-8-20/h4-6,11-14,17,20-21,26,32H,3,7-10,15-16H2,1-2H3. The maximum atomic E-state index is 10.1. The average molecular weight is 465 g/mol. The van der Waals surface area contributed by atoms with E-state index in [1.54, 1.807) is 12.4 Å². The third-order valence-corrected chi connectivity index (χ3v) is 5.83. The van der Waals surface area contributed by atoms with Crippen LogP contribution >= 0.6 is 0 Å². The molecule has 1 aromatic carbocycles. The van der Waals surface area contributed by atoms with Gasteiger partial charge in [-0.25, -0.2) is 19.9 Å². The highest BCUT2D eigenvalue weighted by atomic mass is 16.5. The van der Waals surface area contributed by atoms with Gasteiger partial charge in [0.05, 0.1) is 5.69 Å². The lowest BCUT2D eigenvalue weighted by atomic mass is 10.1. The summed E-state index contributed by atoms with van der Waals surface area (Å²) < 4.78 is 11.4. The molecule has 1 unspecified atom stereocenters. The van der Waals surface area contributed by atoms with Crippen LogP contribution in [0.1, 0.15) is 19.8 Å². The number of aliphatic hydroxyl groups is 1. The summed E-state index contributed by atoms with van der Waals surface area (Å²) in [5, 5.41) is 13.2. The van der Waals surface area contributed by atoms with Gasteiger partial charge in [-0.05, 0) is 31.5 Å². The highest BCUT2D eigenvalue weighted by Crippen LogP contribution is 2.29. The summed E-state index contributed by atoms with van der Waals surface area (Å²) in [6.45, 7) is 5.01. The normalized spacial score (nSPS) is 15.1. The Morgan fingerprint density at radius 1 is 1.15 bits per heavy atom. The van der Waals surface area contributed by atoms with E-state index in [9.17, 15) is 5.11 Å². The first-order chi connectivity index (χ1) is 16.6. The van der Waals surface area contributed by atoms with Gasteiger partial charge in [0.15, 0.2) is 5.82 Å². The summed E-state index contributed by atoms with van der Waals surface area (Å²) in [6.07, 6.45) is 6.34. The lowest BCUT2D eigenvalue weighted by Gasteiger charge is -2.32. The fourth-order valence-electron chi connectivity index (χ4n) is 3.87. The Balaban J connectivity index is 1.63. The van der Waals surface area contributed by atoms with Crippen LogP contribution < -0.4 is 15.0 Å². The van der Waals surface area contributed by atoms with Crippen molar-refractivity contribution in [3.63, 3.8) is 0 Å². The van der Waals surface area contributed by atoms with Gasteiger partial charge in [0.1, 0.15) is 30.6 Å². The molecule has 2 N–H and O–H groups in total. The second kappa shape index (κ2) is 11.8. The number of benzene rings is 1. The summed E-state index contributed by atoms with van der Waals surface area (Å²) >= 11 is 0. The maximum Gasteiger partial charge on any atom is 0.162 e. The van der Waals surface area contributed by atoms with Crippen molar-refractivity contribution in [1.82, 2.24) is 25.3 Å². The largest absolute Gasteiger partial charge is 0.491 e. The van der Waals surface area contributed by atoms with E-state index < -0.39 is 6.10 Å². The van der Waals surface area contributed by atoms with Crippen LogP contribution in [-0.4, -0.2) is 77.1 Å². The van der Waals surface area contributed by atoms with Crippen molar-refractivity contribution < 1.29 is 14.6 Å². The van der Waals surface area contributed by atoms with Crippen LogP contribution in [0.2, 0.25) is 0 Å². The molecule has 3 aromatic rings. The fourth-order valence-corrected chi connectivity index (χ4v) is 3.87. The van der Waals surface area contributed by atoms with Crippen LogP contribution in [-0.2, 0) is 4.74 Å². The molecule has 0 radical (unpaired) electrons. The molecule has 1 fully saturated rings. The van der Waals surface area contributed by atoms with Gasteiger partial charge in [0.25, 0.3) is 0 Å². The van der Waals surface area contributed by atoms with Crippen LogP contribution in [0.25, 0.3) is 22.6 Å². The summed E-state index contributed by atoms with van der Waals surface area (Å²) in [6, 6.07) is 9.97. The van der Waals surface area contributed by atoms with E-state index in [1.165, 1.54) is 6.33 Å². The Labute approximate surface area is 200 Å². The Morgan fingerprint density at radius 3 is 2.71 bits per heavy atom. The first-order valence-electron chi connectivity index (χ1n) is 11.7. The van der Waals surface area contributed by atoms with Crippen LogP contribution in [0.3, 0.4) is 0 Å². The highest BCUT2D eigenvalue weighted by molar-refractivity contribution is 5.67. The van der Waals surface area contributed by atoms with E-state index in [4.69, 9.17) is 19.4 Å². The molecule has 9 nitrogen and oxygen atoms in total. The molecule has 1 aliphatic heterocycles. The highest BCUT2D eigenvalue weighted by Gasteiger charge is 2.21. The van der Waals surface area contributed by atoms with E-state index in [1.807, 2.05) is 37.3 Å². The van der Waals surface area contributed by atoms with Crippen molar-refractivity contribution in [3.05, 3.63) is 49.1 Å². The van der Waals surface area contributed by atoms with Crippen LogP contribution in [0, 0.1) is 0 Å². The van der Waals surface area contributed by atoms with Gasteiger partial charge in [0.2, 0.25) is 0 Å². The Morgan fingerprint density at radius 2 is 1.94 bits per heavy atom. The monoisotopic (exact) mass is 464 g/mol. The first-order valence-corrected chi connectivity index (χ1v) is 11.7. The van der Waals surface area contributed by atoms with Crippen LogP contribution in [0.15, 0.2) is 49.1 Å². The van der Waals surface area contributed by atoms with Gasteiger partial charge in [-0.15, -0.1) is 0 Å². The molecule has 34 heavy (non-hydrogen) atoms. The molecule has 0 amide bonds. The smallest absolute Gasteiger partial charge is 0.162 e. The summed E-state index contributed by atoms with van der Waals surface area (Å²) in [7, 11) is 2.07. The second-order valence-corrected chi connectivity index (χ2v) is 8.32. The Bertz CT molecular complexity index is 1050. The van der Waals surface area contributed by atoms with E-state index >= 15 is 0 Å². The minimum Gasteiger partial charge on any atom is -0.491 e. The molecule has 0 aliphatic carbocycles. The minimum atomic E-state index is -0.582. The van der Waals surface area contributed by atoms with Crippen LogP contribution in [0.5, 0.6) is 5.75 Å². The van der Waals surface area contributed by atoms with Crippen molar-refractivity contribution in [2.24, 2.45) is 0 Å². The zero-order valence-corrected chi connectivity index (χ0v) is 19.7. The predicted molar refractivity (Wildman–Crippen MR) is 131 cm³/mol. The molecule has 0 spiro atoms. The van der Waals surface area contributed by atoms with E-state index in [-0.39, 0.29) is 6.61 Å². The number of rotatable bonds is 10. The number of aromatic nitrogens is 4. The predicted octanol–water partition coefficient (Wildman–Crippen LogP) is 2.56. The zero-order chi connectivity index (χ0) is 23.8. The van der Waals surface area contributed by atoms with Gasteiger partial charge in [-0.1, -0.05) is 19.1 Å². The lowest BCUT2D eigenvalue weighted by molar-refractivity contribution is 0.0853. The first kappa shape index (κ1) is 24.0. The van der Waals surface area contributed by atoms with Crippen molar-refractivity contribution in [1.29, 1.82) is 0 Å². The molecule has 2 aromatic heterocycles. The molecule has 1 saturated heterocycles. The number of aliphatic hydroxyl groups excluding tert-OH is 1. The van der Waals surface area contributed by atoms with Crippen molar-refractivity contribution in [2.75, 3.05) is 44.9 Å². The molecular weight excluding hydrogens is 432 g/mol. The van der Waals surface area contributed by atoms with Crippen molar-refractivity contribution >= 4 is 5.82 Å². The van der Waals surface area contributed by atoms with Crippen molar-refractivity contribution in [2.45, 2.75) is 31.9 Å². The van der Waals surface area contributed by atoms with Crippen molar-refractivity contribution in [3.8, 4) is 28.4 Å². The number of ether oxygens (including phenoxy) is 2. The maximum absolute atomic E-state index is 10.1. The number of likely N-dealkylation sites (N-methyl/N-ethyl adjacent to an activating group) is 1. The van der Waals surface area contributed by atoms with Gasteiger partial charge in [0, 0.05) is 62.4 Å². The molecule has 0 bridgehead atoms. The summed E-state index contributed by atoms with van der Waals surface area (Å²) in [4.78, 5) is 20.2. The third kappa shape index (κ3) is 6.25. The number of hydrogen-bond donors (Lipinski definition) is 2. The van der Waals surface area contributed by atoms with Gasteiger partial charge < -0.3 is 24.8 Å². The van der Waals surface area contributed by atoms with Gasteiger partial charge in [-0.2, -0.15) is 0 Å². The fraction of sp³-hybridized carbons (Fsp3) is 0.440. The number of nitrogens with one attached hydrogen (secondary N) is 1. The third-order valence-electron chi connectivity index (χ3n) is 5.83. The second-order valence-electron chi connectivity index (χ2n) is 8.32. The Hall–Kier alpha value is -3.14. The Kier molecular flexibility index (Phi) is 8.35. The zero-order valence-electron chi connectivity index (χ0n) is 19.7. The lowest BCUT2D eigenvalue weighted by Crippen LogP contribution is -2.37. The molecule has 3 heterocycles. The van der Waals surface area contributed by atoms with E-state index in [0.29, 0.717) is 24.2 Å². The average Bonchev–Trinajstić information content (AvgIpc) is 2.91. The molecule has 4 rings (SSSR count). The van der Waals surface area contributed by atoms with Crippen LogP contribution in [0.4, 0.5) is 5.82 Å². The molecule has 180 valence electrons. The summed E-state index contributed by atoms with van der Waals surface area (Å²) in [5.41, 5.74) is 2.41. The van der Waals surface area contributed by atoms with Gasteiger partial charge >= 0.3 is 0 Å². The summed E-state index contributed by atoms with van der Waals surface area (Å²) in [5.74, 6) is 2.08. The van der Waals surface area contributed by atoms with Gasteiger partial charge in [-0.3, -0.25) is 0 Å². The molecule has 0 saturated carbocycles. The number of hydrogen-bond acceptors (Lipinski definition) is 9. The topological polar surface area (TPSA) is 106 Å². The quantitative estimate of drug-likeness (QED) is 0.468. The molecule has 1 atom stereocenters. The number of nitrogens with zero attached hydrogens (tertiary/aromatic N) is 5. The van der Waals surface area contributed by atoms with E-state index in [0.717, 1.165) is 55.2 Å².